The van der Waals surface area contributed by atoms with Gasteiger partial charge >= 0.3 is 0 Å². The molecule has 1 aromatic heterocycles. The molecule has 124 valence electrons. The van der Waals surface area contributed by atoms with Crippen molar-refractivity contribution >= 4 is 10.9 Å². The highest BCUT2D eigenvalue weighted by molar-refractivity contribution is 5.85. The molecule has 2 aromatic rings. The van der Waals surface area contributed by atoms with Gasteiger partial charge in [0.2, 0.25) is 0 Å². The molecule has 0 aliphatic rings. The Morgan fingerprint density at radius 1 is 1.22 bits per heavy atom. The van der Waals surface area contributed by atoms with E-state index in [0.29, 0.717) is 23.1 Å². The van der Waals surface area contributed by atoms with Crippen molar-refractivity contribution in [3.8, 4) is 5.75 Å². The van der Waals surface area contributed by atoms with Crippen LogP contribution in [-0.4, -0.2) is 10.1 Å². The van der Waals surface area contributed by atoms with Crippen LogP contribution in [0.25, 0.3) is 10.9 Å². The highest BCUT2D eigenvalue weighted by Gasteiger charge is 2.31. The number of phenolic OH excluding ortho intramolecular Hbond substituents is 1. The van der Waals surface area contributed by atoms with E-state index in [-0.39, 0.29) is 11.3 Å². The summed E-state index contributed by atoms with van der Waals surface area (Å²) in [5, 5.41) is 11.6. The molecule has 23 heavy (non-hydrogen) atoms. The molecule has 0 saturated carbocycles. The minimum Gasteiger partial charge on any atom is -0.505 e. The number of fused-ring (bicyclic) bond motifs is 1. The summed E-state index contributed by atoms with van der Waals surface area (Å²) in [5.41, 5.74) is 1.76. The van der Waals surface area contributed by atoms with Crippen LogP contribution in [0.15, 0.2) is 43.1 Å². The zero-order valence-electron chi connectivity index (χ0n) is 15.0. The quantitative estimate of drug-likeness (QED) is 0.672. The summed E-state index contributed by atoms with van der Waals surface area (Å²) in [6.45, 7) is 15.5. The van der Waals surface area contributed by atoms with Gasteiger partial charge in [-0.25, -0.2) is 0 Å². The number of aromatic nitrogens is 1. The van der Waals surface area contributed by atoms with Crippen LogP contribution in [0, 0.1) is 17.3 Å². The number of rotatable bonds is 6. The monoisotopic (exact) mass is 311 g/mol. The van der Waals surface area contributed by atoms with E-state index in [2.05, 4.69) is 46.2 Å². The van der Waals surface area contributed by atoms with Crippen LogP contribution in [0.2, 0.25) is 0 Å². The number of hydrogen-bond donors (Lipinski definition) is 1. The normalized spacial score (nSPS) is 14.9. The van der Waals surface area contributed by atoms with Crippen LogP contribution in [0.1, 0.15) is 52.5 Å². The maximum atomic E-state index is 10.7. The van der Waals surface area contributed by atoms with Crippen molar-refractivity contribution in [3.63, 3.8) is 0 Å². The maximum Gasteiger partial charge on any atom is 0.145 e. The standard InChI is InChI=1S/C21H29NO/c1-7-16(13-21(5,6)15(4)14(2)3)18-11-10-17-9-8-12-22-19(17)20(18)23/h7-12,14-16,23H,1,13H2,2-6H3. The third-order valence-corrected chi connectivity index (χ3v) is 5.44. The molecule has 0 saturated heterocycles. The molecular weight excluding hydrogens is 282 g/mol. The molecule has 0 aliphatic carbocycles. The van der Waals surface area contributed by atoms with E-state index in [1.54, 1.807) is 6.20 Å². The van der Waals surface area contributed by atoms with E-state index in [0.717, 1.165) is 17.4 Å². The smallest absolute Gasteiger partial charge is 0.145 e. The van der Waals surface area contributed by atoms with Crippen molar-refractivity contribution in [2.75, 3.05) is 0 Å². The van der Waals surface area contributed by atoms with Crippen molar-refractivity contribution in [1.82, 2.24) is 4.98 Å². The SMILES string of the molecule is C=CC(CC(C)(C)C(C)C(C)C)c1ccc2cccnc2c1O. The Bertz CT molecular complexity index is 687. The molecule has 0 radical (unpaired) electrons. The van der Waals surface area contributed by atoms with Crippen LogP contribution in [0.5, 0.6) is 5.75 Å². The third-order valence-electron chi connectivity index (χ3n) is 5.44. The first kappa shape index (κ1) is 17.5. The van der Waals surface area contributed by atoms with Gasteiger partial charge in [-0.15, -0.1) is 6.58 Å². The van der Waals surface area contributed by atoms with E-state index >= 15 is 0 Å². The summed E-state index contributed by atoms with van der Waals surface area (Å²) in [6, 6.07) is 7.91. The predicted octanol–water partition coefficient (Wildman–Crippen LogP) is 5.92. The van der Waals surface area contributed by atoms with E-state index in [4.69, 9.17) is 0 Å². The number of pyridine rings is 1. The zero-order chi connectivity index (χ0) is 17.2. The van der Waals surface area contributed by atoms with Crippen molar-refractivity contribution in [1.29, 1.82) is 0 Å². The van der Waals surface area contributed by atoms with Gasteiger partial charge in [0.1, 0.15) is 11.3 Å². The van der Waals surface area contributed by atoms with Crippen molar-refractivity contribution < 1.29 is 5.11 Å². The Hall–Kier alpha value is -1.83. The van der Waals surface area contributed by atoms with E-state index in [1.807, 2.05) is 30.3 Å². The molecule has 0 bridgehead atoms. The predicted molar refractivity (Wildman–Crippen MR) is 98.7 cm³/mol. The van der Waals surface area contributed by atoms with Crippen LogP contribution < -0.4 is 0 Å². The molecule has 2 rings (SSSR count). The first-order chi connectivity index (χ1) is 10.8. The van der Waals surface area contributed by atoms with Gasteiger partial charge < -0.3 is 5.11 Å². The van der Waals surface area contributed by atoms with E-state index in [9.17, 15) is 5.11 Å². The molecule has 0 spiro atoms. The first-order valence-corrected chi connectivity index (χ1v) is 8.47. The molecule has 1 N–H and O–H groups in total. The summed E-state index contributed by atoms with van der Waals surface area (Å²) >= 11 is 0. The lowest BCUT2D eigenvalue weighted by Gasteiger charge is -2.37. The largest absolute Gasteiger partial charge is 0.505 e. The molecule has 2 nitrogen and oxygen atoms in total. The second-order valence-electron chi connectivity index (χ2n) is 7.65. The van der Waals surface area contributed by atoms with Crippen LogP contribution in [0.3, 0.4) is 0 Å². The molecule has 0 fully saturated rings. The Balaban J connectivity index is 2.38. The van der Waals surface area contributed by atoms with Gasteiger partial charge in [0, 0.05) is 23.1 Å². The van der Waals surface area contributed by atoms with Gasteiger partial charge in [-0.1, -0.05) is 58.9 Å². The minimum atomic E-state index is 0.123. The summed E-state index contributed by atoms with van der Waals surface area (Å²) < 4.78 is 0. The number of hydrogen-bond acceptors (Lipinski definition) is 2. The van der Waals surface area contributed by atoms with Gasteiger partial charge in [-0.05, 0) is 29.7 Å². The van der Waals surface area contributed by atoms with Crippen LogP contribution in [0.4, 0.5) is 0 Å². The molecule has 2 heteroatoms. The second kappa shape index (κ2) is 6.74. The average Bonchev–Trinajstić information content (AvgIpc) is 2.52. The summed E-state index contributed by atoms with van der Waals surface area (Å²) in [6.07, 6.45) is 4.64. The molecule has 0 aliphatic heterocycles. The minimum absolute atomic E-state index is 0.123. The van der Waals surface area contributed by atoms with Gasteiger partial charge in [0.05, 0.1) is 0 Å². The fourth-order valence-corrected chi connectivity index (χ4v) is 3.42. The molecule has 1 aromatic carbocycles. The number of nitrogens with zero attached hydrogens (tertiary/aromatic N) is 1. The van der Waals surface area contributed by atoms with Gasteiger partial charge in [-0.3, -0.25) is 4.98 Å². The molecule has 0 amide bonds. The first-order valence-electron chi connectivity index (χ1n) is 8.47. The molecule has 2 unspecified atom stereocenters. The zero-order valence-corrected chi connectivity index (χ0v) is 15.0. The van der Waals surface area contributed by atoms with Crippen molar-refractivity contribution in [2.45, 2.75) is 47.0 Å². The Labute approximate surface area is 140 Å². The Kier molecular flexibility index (Phi) is 5.13. The molecule has 2 atom stereocenters. The second-order valence-corrected chi connectivity index (χ2v) is 7.65. The van der Waals surface area contributed by atoms with Crippen LogP contribution in [-0.2, 0) is 0 Å². The Morgan fingerprint density at radius 3 is 2.52 bits per heavy atom. The lowest BCUT2D eigenvalue weighted by atomic mass is 9.68. The van der Waals surface area contributed by atoms with E-state index in [1.165, 1.54) is 0 Å². The lowest BCUT2D eigenvalue weighted by molar-refractivity contribution is 0.155. The number of benzene rings is 1. The fraction of sp³-hybridized carbons (Fsp3) is 0.476. The lowest BCUT2D eigenvalue weighted by Crippen LogP contribution is -2.27. The van der Waals surface area contributed by atoms with Crippen molar-refractivity contribution in [3.05, 3.63) is 48.7 Å². The number of aromatic hydroxyl groups is 1. The maximum absolute atomic E-state index is 10.7. The Morgan fingerprint density at radius 2 is 1.91 bits per heavy atom. The summed E-state index contributed by atoms with van der Waals surface area (Å²) in [5.74, 6) is 1.63. The molecular formula is C21H29NO. The van der Waals surface area contributed by atoms with Gasteiger partial charge in [-0.2, -0.15) is 0 Å². The summed E-state index contributed by atoms with van der Waals surface area (Å²) in [4.78, 5) is 4.33. The molecule has 1 heterocycles. The highest BCUT2D eigenvalue weighted by Crippen LogP contribution is 2.43. The fourth-order valence-electron chi connectivity index (χ4n) is 3.42. The van der Waals surface area contributed by atoms with Gasteiger partial charge in [0.25, 0.3) is 0 Å². The van der Waals surface area contributed by atoms with Crippen LogP contribution >= 0.6 is 0 Å². The number of allylic oxidation sites excluding steroid dienone is 1. The number of phenols is 1. The highest BCUT2D eigenvalue weighted by atomic mass is 16.3. The van der Waals surface area contributed by atoms with Crippen molar-refractivity contribution in [2.24, 2.45) is 17.3 Å². The third kappa shape index (κ3) is 3.57. The van der Waals surface area contributed by atoms with Gasteiger partial charge in [0.15, 0.2) is 0 Å². The average molecular weight is 311 g/mol. The summed E-state index contributed by atoms with van der Waals surface area (Å²) in [7, 11) is 0. The topological polar surface area (TPSA) is 33.1 Å². The van der Waals surface area contributed by atoms with E-state index < -0.39 is 0 Å².